The van der Waals surface area contributed by atoms with Crippen LogP contribution in [-0.2, 0) is 4.74 Å². The summed E-state index contributed by atoms with van der Waals surface area (Å²) in [4.78, 5) is 22.5. The number of anilines is 1. The largest absolute Gasteiger partial charge is 0.423 e. The van der Waals surface area contributed by atoms with Crippen LogP contribution in [0.5, 0.6) is 0 Å². The van der Waals surface area contributed by atoms with Crippen LogP contribution in [0.2, 0.25) is 5.02 Å². The zero-order valence-corrected chi connectivity index (χ0v) is 18.3. The molecule has 4 heterocycles. The van der Waals surface area contributed by atoms with Crippen molar-refractivity contribution in [2.45, 2.75) is 63.2 Å². The number of aromatic nitrogens is 1. The molecule has 0 radical (unpaired) electrons. The summed E-state index contributed by atoms with van der Waals surface area (Å²) >= 11 is 6.32. The Labute approximate surface area is 181 Å². The number of hydrogen-bond acceptors (Lipinski definition) is 6. The maximum absolute atomic E-state index is 13.2. The van der Waals surface area contributed by atoms with Crippen LogP contribution in [0.3, 0.4) is 0 Å². The summed E-state index contributed by atoms with van der Waals surface area (Å²) in [5.41, 5.74) is 1.60. The molecule has 7 nitrogen and oxygen atoms in total. The van der Waals surface area contributed by atoms with Gasteiger partial charge in [0.2, 0.25) is 0 Å². The van der Waals surface area contributed by atoms with E-state index >= 15 is 0 Å². The number of piperidine rings is 2. The zero-order chi connectivity index (χ0) is 20.8. The van der Waals surface area contributed by atoms with E-state index in [1.165, 1.54) is 19.3 Å². The molecule has 1 aromatic heterocycles. The van der Waals surface area contributed by atoms with Crippen molar-refractivity contribution in [3.05, 3.63) is 22.7 Å². The molecule has 30 heavy (non-hydrogen) atoms. The number of benzene rings is 1. The Kier molecular flexibility index (Phi) is 5.37. The second-order valence-corrected chi connectivity index (χ2v) is 9.40. The van der Waals surface area contributed by atoms with Crippen molar-refractivity contribution in [1.29, 1.82) is 0 Å². The molecule has 162 valence electrons. The maximum Gasteiger partial charge on any atom is 0.298 e. The van der Waals surface area contributed by atoms with Crippen LogP contribution in [0.1, 0.15) is 49.4 Å². The lowest BCUT2D eigenvalue weighted by Crippen LogP contribution is -2.55. The number of nitrogens with zero attached hydrogens (tertiary/aromatic N) is 3. The van der Waals surface area contributed by atoms with Gasteiger partial charge in [-0.1, -0.05) is 18.0 Å². The monoisotopic (exact) mass is 432 g/mol. The minimum Gasteiger partial charge on any atom is -0.423 e. The second-order valence-electron chi connectivity index (χ2n) is 8.96. The molecule has 1 N–H and O–H groups in total. The molecular formula is C22H29ClN4O3. The molecule has 2 aromatic rings. The molecule has 1 aromatic carbocycles. The van der Waals surface area contributed by atoms with Gasteiger partial charge < -0.3 is 24.3 Å². The lowest BCUT2D eigenvalue weighted by atomic mass is 9.82. The molecule has 0 spiro atoms. The van der Waals surface area contributed by atoms with Gasteiger partial charge in [0.05, 0.1) is 24.8 Å². The summed E-state index contributed by atoms with van der Waals surface area (Å²) in [6, 6.07) is 5.42. The van der Waals surface area contributed by atoms with Crippen molar-refractivity contribution in [2.24, 2.45) is 0 Å². The average Bonchev–Trinajstić information content (AvgIpc) is 3.12. The molecule has 0 aliphatic carbocycles. The number of carbonyl (C=O) groups excluding carboxylic acids is 1. The molecular weight excluding hydrogens is 404 g/mol. The lowest BCUT2D eigenvalue weighted by molar-refractivity contribution is 0.0463. The van der Waals surface area contributed by atoms with Crippen LogP contribution >= 0.6 is 11.6 Å². The van der Waals surface area contributed by atoms with Gasteiger partial charge in [-0.15, -0.1) is 0 Å². The second kappa shape index (κ2) is 8.02. The van der Waals surface area contributed by atoms with Gasteiger partial charge in [0.15, 0.2) is 5.58 Å². The highest BCUT2D eigenvalue weighted by Gasteiger charge is 2.37. The molecule has 3 atom stereocenters. The van der Waals surface area contributed by atoms with Crippen molar-refractivity contribution in [2.75, 3.05) is 31.7 Å². The minimum atomic E-state index is -0.120. The van der Waals surface area contributed by atoms with Crippen LogP contribution in [0.4, 0.5) is 6.01 Å². The first-order valence-electron chi connectivity index (χ1n) is 11.0. The Bertz CT molecular complexity index is 934. The summed E-state index contributed by atoms with van der Waals surface area (Å²) in [6.07, 6.45) is 5.71. The van der Waals surface area contributed by atoms with Crippen molar-refractivity contribution >= 4 is 34.6 Å². The Morgan fingerprint density at radius 2 is 2.03 bits per heavy atom. The molecule has 3 aliphatic heterocycles. The maximum atomic E-state index is 13.2. The molecule has 8 heteroatoms. The van der Waals surface area contributed by atoms with Crippen molar-refractivity contribution in [1.82, 2.24) is 15.2 Å². The molecule has 2 unspecified atom stereocenters. The number of oxazole rings is 1. The molecule has 3 fully saturated rings. The normalized spacial score (nSPS) is 29.9. The Morgan fingerprint density at radius 3 is 2.77 bits per heavy atom. The molecule has 3 saturated heterocycles. The van der Waals surface area contributed by atoms with Gasteiger partial charge in [-0.05, 0) is 45.7 Å². The number of amides is 1. The number of rotatable bonds is 3. The van der Waals surface area contributed by atoms with E-state index in [9.17, 15) is 4.79 Å². The van der Waals surface area contributed by atoms with Gasteiger partial charge in [0, 0.05) is 35.8 Å². The third kappa shape index (κ3) is 3.67. The quantitative estimate of drug-likeness (QED) is 0.801. The van der Waals surface area contributed by atoms with Crippen molar-refractivity contribution in [3.8, 4) is 0 Å². The number of hydrogen-bond donors (Lipinski definition) is 1. The first-order valence-corrected chi connectivity index (χ1v) is 11.3. The van der Waals surface area contributed by atoms with Crippen molar-refractivity contribution < 1.29 is 13.9 Å². The fraction of sp³-hybridized carbons (Fsp3) is 0.636. The predicted octanol–water partition coefficient (Wildman–Crippen LogP) is 3.45. The van der Waals surface area contributed by atoms with E-state index in [0.29, 0.717) is 59.5 Å². The van der Waals surface area contributed by atoms with E-state index in [4.69, 9.17) is 20.8 Å². The van der Waals surface area contributed by atoms with E-state index in [2.05, 4.69) is 34.1 Å². The minimum absolute atomic E-state index is 0.120. The van der Waals surface area contributed by atoms with Crippen LogP contribution in [0, 0.1) is 0 Å². The highest BCUT2D eigenvalue weighted by molar-refractivity contribution is 6.32. The van der Waals surface area contributed by atoms with E-state index in [0.717, 1.165) is 12.8 Å². The fourth-order valence-electron chi connectivity index (χ4n) is 5.29. The molecule has 5 rings (SSSR count). The lowest BCUT2D eigenvalue weighted by Gasteiger charge is -2.47. The van der Waals surface area contributed by atoms with Crippen LogP contribution in [0.15, 0.2) is 16.5 Å². The third-order valence-corrected chi connectivity index (χ3v) is 7.20. The topological polar surface area (TPSA) is 70.8 Å². The van der Waals surface area contributed by atoms with E-state index in [1.54, 1.807) is 12.1 Å². The molecule has 3 aliphatic rings. The average molecular weight is 433 g/mol. The Balaban J connectivity index is 1.40. The standard InChI is InChI=1S/C22H29ClN4O3/c1-13-12-29-7-6-27(13)22-25-20-18(8-14(23)9-19(20)30-22)21(28)24-15-10-16-4-3-5-17(11-15)26(16)2/h8-9,13,15-17H,3-7,10-12H2,1-2H3,(H,24,28)/t13-,15?,16?,17?/m0/s1. The van der Waals surface area contributed by atoms with Crippen molar-refractivity contribution in [3.63, 3.8) is 0 Å². The van der Waals surface area contributed by atoms with Gasteiger partial charge in [0.1, 0.15) is 5.52 Å². The fourth-order valence-corrected chi connectivity index (χ4v) is 5.50. The summed E-state index contributed by atoms with van der Waals surface area (Å²) in [5, 5.41) is 3.74. The van der Waals surface area contributed by atoms with E-state index in [1.807, 2.05) is 0 Å². The Morgan fingerprint density at radius 1 is 1.27 bits per heavy atom. The van der Waals surface area contributed by atoms with Gasteiger partial charge >= 0.3 is 0 Å². The summed E-state index contributed by atoms with van der Waals surface area (Å²) in [7, 11) is 2.22. The number of ether oxygens (including phenoxy) is 1. The van der Waals surface area contributed by atoms with Gasteiger partial charge in [-0.2, -0.15) is 4.98 Å². The smallest absolute Gasteiger partial charge is 0.298 e. The van der Waals surface area contributed by atoms with Gasteiger partial charge in [-0.25, -0.2) is 0 Å². The van der Waals surface area contributed by atoms with Crippen LogP contribution in [-0.4, -0.2) is 66.8 Å². The zero-order valence-electron chi connectivity index (χ0n) is 17.6. The van der Waals surface area contributed by atoms with E-state index < -0.39 is 0 Å². The first kappa shape index (κ1) is 20.1. The SMILES string of the molecule is C[C@H]1COCCN1c1nc2c(C(=O)NC3CC4CCCC(C3)N4C)cc(Cl)cc2o1. The highest BCUT2D eigenvalue weighted by Crippen LogP contribution is 2.34. The summed E-state index contributed by atoms with van der Waals surface area (Å²) in [6.45, 7) is 4.05. The molecule has 2 bridgehead atoms. The first-order chi connectivity index (χ1) is 14.5. The number of nitrogens with one attached hydrogen (secondary N) is 1. The number of fused-ring (bicyclic) bond motifs is 3. The number of morpholine rings is 1. The third-order valence-electron chi connectivity index (χ3n) is 6.98. The summed E-state index contributed by atoms with van der Waals surface area (Å²) in [5.74, 6) is -0.120. The predicted molar refractivity (Wildman–Crippen MR) is 116 cm³/mol. The van der Waals surface area contributed by atoms with Gasteiger partial charge in [0.25, 0.3) is 11.9 Å². The molecule has 0 saturated carbocycles. The van der Waals surface area contributed by atoms with Gasteiger partial charge in [-0.3, -0.25) is 4.79 Å². The highest BCUT2D eigenvalue weighted by atomic mass is 35.5. The molecule has 1 amide bonds. The number of carbonyl (C=O) groups is 1. The Hall–Kier alpha value is -1.83. The van der Waals surface area contributed by atoms with E-state index in [-0.39, 0.29) is 18.0 Å². The number of halogens is 1. The van der Waals surface area contributed by atoms with Crippen LogP contribution < -0.4 is 10.2 Å². The summed E-state index contributed by atoms with van der Waals surface area (Å²) < 4.78 is 11.5. The van der Waals surface area contributed by atoms with Crippen LogP contribution in [0.25, 0.3) is 11.1 Å².